The van der Waals surface area contributed by atoms with Crippen molar-refractivity contribution in [2.45, 2.75) is 26.3 Å². The zero-order valence-corrected chi connectivity index (χ0v) is 8.93. The van der Waals surface area contributed by atoms with Gasteiger partial charge in [0, 0.05) is 24.1 Å². The lowest BCUT2D eigenvalue weighted by molar-refractivity contribution is -0.121. The summed E-state index contributed by atoms with van der Waals surface area (Å²) < 4.78 is 0. The maximum Gasteiger partial charge on any atom is 0.220 e. The number of hydrogen-bond acceptors (Lipinski definition) is 4. The molecule has 14 heavy (non-hydrogen) atoms. The minimum Gasteiger partial charge on any atom is -0.396 e. The number of nitrogens with one attached hydrogen (secondary N) is 1. The van der Waals surface area contributed by atoms with Gasteiger partial charge in [-0.3, -0.25) is 4.79 Å². The van der Waals surface area contributed by atoms with E-state index in [9.17, 15) is 4.79 Å². The fourth-order valence-corrected chi connectivity index (χ4v) is 1.74. The van der Waals surface area contributed by atoms with E-state index < -0.39 is 0 Å². The van der Waals surface area contributed by atoms with Gasteiger partial charge in [0.2, 0.25) is 5.91 Å². The van der Waals surface area contributed by atoms with Crippen LogP contribution in [0.1, 0.15) is 22.7 Å². The lowest BCUT2D eigenvalue weighted by Gasteiger charge is -2.01. The number of aliphatic hydroxyl groups excluding tert-OH is 1. The highest BCUT2D eigenvalue weighted by Crippen LogP contribution is 2.10. The first kappa shape index (κ1) is 11.1. The molecule has 0 aliphatic carbocycles. The molecule has 0 spiro atoms. The standard InChI is InChI=1S/C9H14N2O2S/c1-7-10-5-8(14-7)6-11-9(13)3-2-4-12/h5,12H,2-4,6H2,1H3,(H,11,13). The van der Waals surface area contributed by atoms with Crippen molar-refractivity contribution >= 4 is 17.2 Å². The molecule has 1 amide bonds. The predicted octanol–water partition coefficient (Wildman–Crippen LogP) is 0.840. The van der Waals surface area contributed by atoms with Gasteiger partial charge >= 0.3 is 0 Å². The second-order valence-corrected chi connectivity index (χ2v) is 4.27. The van der Waals surface area contributed by atoms with Crippen LogP contribution in [0.5, 0.6) is 0 Å². The van der Waals surface area contributed by atoms with Gasteiger partial charge in [0.1, 0.15) is 0 Å². The van der Waals surface area contributed by atoms with Gasteiger partial charge in [-0.15, -0.1) is 11.3 Å². The molecule has 1 aromatic heterocycles. The van der Waals surface area contributed by atoms with Crippen LogP contribution in [0.3, 0.4) is 0 Å². The van der Waals surface area contributed by atoms with E-state index in [-0.39, 0.29) is 12.5 Å². The van der Waals surface area contributed by atoms with E-state index in [1.54, 1.807) is 17.5 Å². The van der Waals surface area contributed by atoms with Crippen LogP contribution in [-0.2, 0) is 11.3 Å². The molecule has 0 atom stereocenters. The van der Waals surface area contributed by atoms with Crippen molar-refractivity contribution in [3.05, 3.63) is 16.1 Å². The molecule has 0 aromatic carbocycles. The third-order valence-electron chi connectivity index (χ3n) is 1.69. The minimum absolute atomic E-state index is 0.0231. The summed E-state index contributed by atoms with van der Waals surface area (Å²) in [5.41, 5.74) is 0. The average Bonchev–Trinajstić information content (AvgIpc) is 2.58. The molecular formula is C9H14N2O2S. The van der Waals surface area contributed by atoms with Gasteiger partial charge in [0.25, 0.3) is 0 Å². The van der Waals surface area contributed by atoms with Gasteiger partial charge in [-0.25, -0.2) is 4.98 Å². The molecule has 0 aliphatic heterocycles. The molecule has 78 valence electrons. The number of aryl methyl sites for hydroxylation is 1. The molecule has 1 aromatic rings. The SMILES string of the molecule is Cc1ncc(CNC(=O)CCCO)s1. The first-order valence-electron chi connectivity index (χ1n) is 4.51. The first-order valence-corrected chi connectivity index (χ1v) is 5.33. The lowest BCUT2D eigenvalue weighted by Crippen LogP contribution is -2.22. The topological polar surface area (TPSA) is 62.2 Å². The van der Waals surface area contributed by atoms with Gasteiger partial charge < -0.3 is 10.4 Å². The van der Waals surface area contributed by atoms with E-state index in [4.69, 9.17) is 5.11 Å². The molecule has 1 heterocycles. The summed E-state index contributed by atoms with van der Waals surface area (Å²) in [5.74, 6) is -0.0231. The number of aromatic nitrogens is 1. The van der Waals surface area contributed by atoms with Gasteiger partial charge in [-0.05, 0) is 13.3 Å². The predicted molar refractivity (Wildman–Crippen MR) is 55.0 cm³/mol. The maximum atomic E-state index is 11.1. The lowest BCUT2D eigenvalue weighted by atomic mass is 10.3. The van der Waals surface area contributed by atoms with E-state index in [1.165, 1.54) is 0 Å². The summed E-state index contributed by atoms with van der Waals surface area (Å²) in [4.78, 5) is 16.3. The van der Waals surface area contributed by atoms with Crippen LogP contribution in [0.4, 0.5) is 0 Å². The molecule has 0 saturated carbocycles. The van der Waals surface area contributed by atoms with Gasteiger partial charge in [-0.2, -0.15) is 0 Å². The molecule has 5 heteroatoms. The third kappa shape index (κ3) is 3.85. The summed E-state index contributed by atoms with van der Waals surface area (Å²) in [6.07, 6.45) is 2.67. The second kappa shape index (κ2) is 5.72. The van der Waals surface area contributed by atoms with E-state index >= 15 is 0 Å². The number of nitrogens with zero attached hydrogens (tertiary/aromatic N) is 1. The van der Waals surface area contributed by atoms with Gasteiger partial charge in [0.05, 0.1) is 11.6 Å². The minimum atomic E-state index is -0.0231. The summed E-state index contributed by atoms with van der Waals surface area (Å²) in [5, 5.41) is 12.3. The van der Waals surface area contributed by atoms with Crippen molar-refractivity contribution in [2.75, 3.05) is 6.61 Å². The Morgan fingerprint density at radius 2 is 2.50 bits per heavy atom. The molecule has 4 nitrogen and oxygen atoms in total. The fourth-order valence-electron chi connectivity index (χ4n) is 1.00. The van der Waals surface area contributed by atoms with E-state index in [0.717, 1.165) is 9.88 Å². The number of aliphatic hydroxyl groups is 1. The summed E-state index contributed by atoms with van der Waals surface area (Å²) >= 11 is 1.58. The number of thiazole rings is 1. The largest absolute Gasteiger partial charge is 0.396 e. The second-order valence-electron chi connectivity index (χ2n) is 2.95. The smallest absolute Gasteiger partial charge is 0.220 e. The van der Waals surface area contributed by atoms with Crippen molar-refractivity contribution < 1.29 is 9.90 Å². The molecule has 2 N–H and O–H groups in total. The van der Waals surface area contributed by atoms with Crippen molar-refractivity contribution in [2.24, 2.45) is 0 Å². The summed E-state index contributed by atoms with van der Waals surface area (Å²) in [6.45, 7) is 2.53. The Morgan fingerprint density at radius 3 is 3.07 bits per heavy atom. The van der Waals surface area contributed by atoms with Gasteiger partial charge in [-0.1, -0.05) is 0 Å². The zero-order valence-electron chi connectivity index (χ0n) is 8.12. The molecule has 0 unspecified atom stereocenters. The molecule has 0 aliphatic rings. The molecular weight excluding hydrogens is 200 g/mol. The Bertz CT molecular complexity index is 299. The third-order valence-corrected chi connectivity index (χ3v) is 2.60. The van der Waals surface area contributed by atoms with Crippen molar-refractivity contribution in [3.8, 4) is 0 Å². The number of hydrogen-bond donors (Lipinski definition) is 2. The maximum absolute atomic E-state index is 11.1. The van der Waals surface area contributed by atoms with Crippen LogP contribution in [0, 0.1) is 6.92 Å². The number of rotatable bonds is 5. The normalized spacial score (nSPS) is 10.1. The molecule has 1 rings (SSSR count). The van der Waals surface area contributed by atoms with Crippen LogP contribution < -0.4 is 5.32 Å². The Labute approximate surface area is 87.0 Å². The fraction of sp³-hybridized carbons (Fsp3) is 0.556. The Morgan fingerprint density at radius 1 is 1.71 bits per heavy atom. The van der Waals surface area contributed by atoms with Crippen LogP contribution in [0.2, 0.25) is 0 Å². The van der Waals surface area contributed by atoms with Crippen LogP contribution in [0.25, 0.3) is 0 Å². The highest BCUT2D eigenvalue weighted by molar-refractivity contribution is 7.11. The monoisotopic (exact) mass is 214 g/mol. The van der Waals surface area contributed by atoms with E-state index in [1.807, 2.05) is 6.92 Å². The molecule has 0 radical (unpaired) electrons. The Hall–Kier alpha value is -0.940. The molecule has 0 bridgehead atoms. The van der Waals surface area contributed by atoms with Crippen LogP contribution >= 0.6 is 11.3 Å². The van der Waals surface area contributed by atoms with Crippen molar-refractivity contribution in [3.63, 3.8) is 0 Å². The number of amides is 1. The Kier molecular flexibility index (Phi) is 4.55. The quantitative estimate of drug-likeness (QED) is 0.763. The first-order chi connectivity index (χ1) is 6.72. The summed E-state index contributed by atoms with van der Waals surface area (Å²) in [7, 11) is 0. The Balaban J connectivity index is 2.23. The average molecular weight is 214 g/mol. The van der Waals surface area contributed by atoms with E-state index in [0.29, 0.717) is 19.4 Å². The number of carbonyl (C=O) groups excluding carboxylic acids is 1. The highest BCUT2D eigenvalue weighted by Gasteiger charge is 2.02. The molecule has 0 saturated heterocycles. The molecule has 0 fully saturated rings. The van der Waals surface area contributed by atoms with Crippen molar-refractivity contribution in [1.82, 2.24) is 10.3 Å². The highest BCUT2D eigenvalue weighted by atomic mass is 32.1. The number of carbonyl (C=O) groups is 1. The van der Waals surface area contributed by atoms with Crippen LogP contribution in [-0.4, -0.2) is 22.6 Å². The zero-order chi connectivity index (χ0) is 10.4. The summed E-state index contributed by atoms with van der Waals surface area (Å²) in [6, 6.07) is 0. The van der Waals surface area contributed by atoms with Crippen molar-refractivity contribution in [1.29, 1.82) is 0 Å². The van der Waals surface area contributed by atoms with E-state index in [2.05, 4.69) is 10.3 Å². The van der Waals surface area contributed by atoms with Gasteiger partial charge in [0.15, 0.2) is 0 Å². The van der Waals surface area contributed by atoms with Crippen LogP contribution in [0.15, 0.2) is 6.20 Å².